The van der Waals surface area contributed by atoms with E-state index in [2.05, 4.69) is 11.8 Å². The van der Waals surface area contributed by atoms with Gasteiger partial charge in [0.2, 0.25) is 0 Å². The van der Waals surface area contributed by atoms with Crippen molar-refractivity contribution >= 4 is 0 Å². The van der Waals surface area contributed by atoms with E-state index in [9.17, 15) is 0 Å². The lowest BCUT2D eigenvalue weighted by atomic mass is 10.4. The van der Waals surface area contributed by atoms with Crippen LogP contribution in [0.15, 0.2) is 0 Å². The second-order valence-corrected chi connectivity index (χ2v) is 7.06. The summed E-state index contributed by atoms with van der Waals surface area (Å²) in [4.78, 5) is 2.09. The van der Waals surface area contributed by atoms with Gasteiger partial charge in [-0.25, -0.2) is 0 Å². The monoisotopic (exact) mass is 453 g/mol. The van der Waals surface area contributed by atoms with Crippen LogP contribution in [0.2, 0.25) is 0 Å². The van der Waals surface area contributed by atoms with Crippen molar-refractivity contribution in [2.75, 3.05) is 126 Å². The molecule has 0 aliphatic heterocycles. The van der Waals surface area contributed by atoms with Crippen LogP contribution in [0.1, 0.15) is 19.8 Å². The number of nitrogens with zero attached hydrogens (tertiary/aromatic N) is 1. The van der Waals surface area contributed by atoms with Crippen molar-refractivity contribution in [2.24, 2.45) is 0 Å². The first-order valence-corrected chi connectivity index (χ1v) is 11.5. The highest BCUT2D eigenvalue weighted by atomic mass is 16.6. The predicted molar refractivity (Wildman–Crippen MR) is 120 cm³/mol. The minimum absolute atomic E-state index is 0.547. The Hall–Kier alpha value is -0.360. The zero-order valence-corrected chi connectivity index (χ0v) is 20.1. The van der Waals surface area contributed by atoms with Crippen molar-refractivity contribution in [1.29, 1.82) is 0 Å². The van der Waals surface area contributed by atoms with Crippen LogP contribution in [-0.2, 0) is 37.9 Å². The highest BCUT2D eigenvalue weighted by molar-refractivity contribution is 4.41. The SMILES string of the molecule is CCCCOCCOCCOCCOCCOCCOCCOCCOCCN(C)C. The van der Waals surface area contributed by atoms with Crippen molar-refractivity contribution in [3.63, 3.8) is 0 Å². The largest absolute Gasteiger partial charge is 0.379 e. The highest BCUT2D eigenvalue weighted by Gasteiger charge is 1.95. The summed E-state index contributed by atoms with van der Waals surface area (Å²) >= 11 is 0. The number of rotatable bonds is 27. The summed E-state index contributed by atoms with van der Waals surface area (Å²) in [7, 11) is 4.05. The average molecular weight is 454 g/mol. The molecule has 0 N–H and O–H groups in total. The summed E-state index contributed by atoms with van der Waals surface area (Å²) < 4.78 is 43.4. The molecule has 0 unspecified atom stereocenters. The van der Waals surface area contributed by atoms with Crippen LogP contribution >= 0.6 is 0 Å². The van der Waals surface area contributed by atoms with E-state index in [0.29, 0.717) is 92.5 Å². The van der Waals surface area contributed by atoms with E-state index in [1.807, 2.05) is 14.1 Å². The van der Waals surface area contributed by atoms with Crippen molar-refractivity contribution < 1.29 is 37.9 Å². The van der Waals surface area contributed by atoms with Gasteiger partial charge in [-0.05, 0) is 20.5 Å². The molecule has 0 aliphatic rings. The van der Waals surface area contributed by atoms with Crippen molar-refractivity contribution in [2.45, 2.75) is 19.8 Å². The molecule has 0 radical (unpaired) electrons. The molecule has 0 rings (SSSR count). The number of likely N-dealkylation sites (N-methyl/N-ethyl adjacent to an activating group) is 1. The molecule has 9 nitrogen and oxygen atoms in total. The van der Waals surface area contributed by atoms with Crippen molar-refractivity contribution in [3.8, 4) is 0 Å². The van der Waals surface area contributed by atoms with Crippen LogP contribution in [0.4, 0.5) is 0 Å². The topological polar surface area (TPSA) is 77.1 Å². The summed E-state index contributed by atoms with van der Waals surface area (Å²) in [6, 6.07) is 0. The summed E-state index contributed by atoms with van der Waals surface area (Å²) in [6.07, 6.45) is 2.26. The third kappa shape index (κ3) is 29.6. The molecular formula is C22H47NO8. The van der Waals surface area contributed by atoms with Crippen LogP contribution in [0.3, 0.4) is 0 Å². The van der Waals surface area contributed by atoms with E-state index < -0.39 is 0 Å². The predicted octanol–water partition coefficient (Wildman–Crippen LogP) is 1.48. The molecule has 0 spiro atoms. The number of unbranched alkanes of at least 4 members (excludes halogenated alkanes) is 1. The number of hydrogen-bond acceptors (Lipinski definition) is 9. The maximum atomic E-state index is 5.44. The van der Waals surface area contributed by atoms with Crippen molar-refractivity contribution in [1.82, 2.24) is 4.90 Å². The molecule has 0 aromatic rings. The zero-order chi connectivity index (χ0) is 22.7. The van der Waals surface area contributed by atoms with E-state index in [4.69, 9.17) is 37.9 Å². The molecule has 31 heavy (non-hydrogen) atoms. The van der Waals surface area contributed by atoms with E-state index in [0.717, 1.165) is 32.6 Å². The smallest absolute Gasteiger partial charge is 0.0701 e. The molecule has 0 amide bonds. The Labute approximate surface area is 189 Å². The quantitative estimate of drug-likeness (QED) is 0.172. The first-order valence-electron chi connectivity index (χ1n) is 11.5. The second-order valence-electron chi connectivity index (χ2n) is 7.06. The Morgan fingerprint density at radius 2 is 0.645 bits per heavy atom. The molecule has 0 bridgehead atoms. The third-order valence-electron chi connectivity index (χ3n) is 3.93. The van der Waals surface area contributed by atoms with Gasteiger partial charge in [0.15, 0.2) is 0 Å². The van der Waals surface area contributed by atoms with Gasteiger partial charge in [0.25, 0.3) is 0 Å². The van der Waals surface area contributed by atoms with E-state index in [1.54, 1.807) is 0 Å². The Balaban J connectivity index is 2.99. The van der Waals surface area contributed by atoms with Gasteiger partial charge < -0.3 is 42.8 Å². The third-order valence-corrected chi connectivity index (χ3v) is 3.93. The summed E-state index contributed by atoms with van der Waals surface area (Å²) in [5.41, 5.74) is 0. The number of ether oxygens (including phenoxy) is 8. The van der Waals surface area contributed by atoms with E-state index in [-0.39, 0.29) is 0 Å². The normalized spacial score (nSPS) is 11.6. The van der Waals surface area contributed by atoms with Crippen LogP contribution < -0.4 is 0 Å². The molecule has 0 aromatic heterocycles. The van der Waals surface area contributed by atoms with E-state index in [1.165, 1.54) is 0 Å². The molecule has 0 saturated carbocycles. The number of hydrogen-bond donors (Lipinski definition) is 0. The minimum Gasteiger partial charge on any atom is -0.379 e. The van der Waals surface area contributed by atoms with Crippen LogP contribution in [0.5, 0.6) is 0 Å². The van der Waals surface area contributed by atoms with Crippen LogP contribution in [-0.4, -0.2) is 131 Å². The lowest BCUT2D eigenvalue weighted by Gasteiger charge is -2.10. The standard InChI is InChI=1S/C22H47NO8/c1-4-5-7-24-9-11-26-13-15-28-17-19-30-21-22-31-20-18-29-16-14-27-12-10-25-8-6-23(2)3/h4-22H2,1-3H3. The van der Waals surface area contributed by atoms with Gasteiger partial charge in [-0.15, -0.1) is 0 Å². The molecule has 0 saturated heterocycles. The van der Waals surface area contributed by atoms with E-state index >= 15 is 0 Å². The molecule has 0 fully saturated rings. The molecule has 0 aromatic carbocycles. The van der Waals surface area contributed by atoms with Crippen LogP contribution in [0.25, 0.3) is 0 Å². The maximum Gasteiger partial charge on any atom is 0.0701 e. The van der Waals surface area contributed by atoms with Crippen molar-refractivity contribution in [3.05, 3.63) is 0 Å². The fourth-order valence-corrected chi connectivity index (χ4v) is 2.13. The molecule has 0 atom stereocenters. The van der Waals surface area contributed by atoms with Gasteiger partial charge in [-0.3, -0.25) is 0 Å². The Kier molecular flexibility index (Phi) is 27.4. The van der Waals surface area contributed by atoms with Gasteiger partial charge in [0.05, 0.1) is 99.1 Å². The Bertz CT molecular complexity index is 324. The first kappa shape index (κ1) is 30.6. The van der Waals surface area contributed by atoms with Gasteiger partial charge in [-0.1, -0.05) is 13.3 Å². The summed E-state index contributed by atoms with van der Waals surface area (Å²) in [5.74, 6) is 0. The molecule has 0 aliphatic carbocycles. The minimum atomic E-state index is 0.547. The molecule has 188 valence electrons. The van der Waals surface area contributed by atoms with Gasteiger partial charge >= 0.3 is 0 Å². The maximum absolute atomic E-state index is 5.44. The Morgan fingerprint density at radius 1 is 0.387 bits per heavy atom. The van der Waals surface area contributed by atoms with Gasteiger partial charge in [0, 0.05) is 13.2 Å². The molecule has 9 heteroatoms. The van der Waals surface area contributed by atoms with Gasteiger partial charge in [0.1, 0.15) is 0 Å². The van der Waals surface area contributed by atoms with Crippen LogP contribution in [0, 0.1) is 0 Å². The fraction of sp³-hybridized carbons (Fsp3) is 1.00. The molecular weight excluding hydrogens is 406 g/mol. The fourth-order valence-electron chi connectivity index (χ4n) is 2.13. The first-order chi connectivity index (χ1) is 15.3. The molecule has 0 heterocycles. The highest BCUT2D eigenvalue weighted by Crippen LogP contribution is 1.88. The lowest BCUT2D eigenvalue weighted by Crippen LogP contribution is -2.19. The summed E-state index contributed by atoms with van der Waals surface area (Å²) in [6.45, 7) is 12.7. The Morgan fingerprint density at radius 3 is 0.903 bits per heavy atom. The zero-order valence-electron chi connectivity index (χ0n) is 20.1. The average Bonchev–Trinajstić information content (AvgIpc) is 2.76. The lowest BCUT2D eigenvalue weighted by molar-refractivity contribution is -0.0233. The van der Waals surface area contributed by atoms with Gasteiger partial charge in [-0.2, -0.15) is 0 Å². The second kappa shape index (κ2) is 27.7. The summed E-state index contributed by atoms with van der Waals surface area (Å²) in [5, 5.41) is 0.